The van der Waals surface area contributed by atoms with Crippen LogP contribution in [-0.2, 0) is 14.2 Å². The number of rotatable bonds is 21. The summed E-state index contributed by atoms with van der Waals surface area (Å²) in [5.74, 6) is 1.08. The molecule has 11 nitrogen and oxygen atoms in total. The molecule has 2 rings (SSSR count). The highest BCUT2D eigenvalue weighted by atomic mass is 16.6. The van der Waals surface area contributed by atoms with Gasteiger partial charge in [0.05, 0.1) is 19.8 Å². The number of benzene rings is 2. The first kappa shape index (κ1) is 49.6. The lowest BCUT2D eigenvalue weighted by Crippen LogP contribution is -2.34. The third-order valence-corrected chi connectivity index (χ3v) is 7.19. The van der Waals surface area contributed by atoms with Crippen molar-refractivity contribution in [1.29, 1.82) is 0 Å². The first-order valence-corrected chi connectivity index (χ1v) is 18.8. The molecule has 0 spiro atoms. The molecule has 0 aromatic heterocycles. The van der Waals surface area contributed by atoms with E-state index in [9.17, 15) is 9.59 Å². The minimum Gasteiger partial charge on any atom is -0.410 e. The molecule has 2 aromatic carbocycles. The first-order chi connectivity index (χ1) is 24.7. The number of carbonyl (C=O) groups excluding carboxylic acids is 2. The summed E-state index contributed by atoms with van der Waals surface area (Å²) in [6.45, 7) is 23.6. The second kappa shape index (κ2) is 33.6. The van der Waals surface area contributed by atoms with Crippen LogP contribution >= 0.6 is 0 Å². The fraction of sp³-hybridized carbons (Fsp3) is 0.650. The smallest absolute Gasteiger partial charge is 0.410 e. The Hall–Kier alpha value is -3.54. The average molecular weight is 721 g/mol. The van der Waals surface area contributed by atoms with Gasteiger partial charge < -0.3 is 44.1 Å². The van der Waals surface area contributed by atoms with E-state index in [-0.39, 0.29) is 12.1 Å². The number of methoxy groups -OCH3 is 3. The summed E-state index contributed by atoms with van der Waals surface area (Å²) in [6.07, 6.45) is 4.18. The van der Waals surface area contributed by atoms with Crippen molar-refractivity contribution in [3.8, 4) is 11.5 Å². The summed E-state index contributed by atoms with van der Waals surface area (Å²) in [5.41, 5.74) is 2.15. The maximum Gasteiger partial charge on any atom is 0.412 e. The predicted molar refractivity (Wildman–Crippen MR) is 213 cm³/mol. The molecule has 0 saturated heterocycles. The Labute approximate surface area is 310 Å². The van der Waals surface area contributed by atoms with Crippen LogP contribution in [0.4, 0.5) is 21.0 Å². The molecule has 2 aromatic rings. The van der Waals surface area contributed by atoms with Crippen LogP contribution < -0.4 is 29.9 Å². The Bertz CT molecular complexity index is 1080. The highest BCUT2D eigenvalue weighted by molar-refractivity contribution is 5.71. The molecule has 51 heavy (non-hydrogen) atoms. The summed E-state index contributed by atoms with van der Waals surface area (Å²) in [4.78, 5) is 28.0. The molecular formula is C40H72N4O7. The second-order valence-electron chi connectivity index (χ2n) is 11.4. The van der Waals surface area contributed by atoms with Gasteiger partial charge in [-0.05, 0) is 81.6 Å². The topological polar surface area (TPSA) is 111 Å². The molecule has 0 aliphatic heterocycles. The largest absolute Gasteiger partial charge is 0.412 e. The van der Waals surface area contributed by atoms with E-state index in [0.717, 1.165) is 69.7 Å². The van der Waals surface area contributed by atoms with Crippen molar-refractivity contribution in [1.82, 2.24) is 10.6 Å². The van der Waals surface area contributed by atoms with Gasteiger partial charge in [0.25, 0.3) is 0 Å². The summed E-state index contributed by atoms with van der Waals surface area (Å²) >= 11 is 0. The predicted octanol–water partition coefficient (Wildman–Crippen LogP) is 8.94. The van der Waals surface area contributed by atoms with Gasteiger partial charge in [-0.3, -0.25) is 0 Å². The molecule has 0 unspecified atom stereocenters. The Balaban J connectivity index is 0. The molecule has 0 saturated carbocycles. The molecule has 2 amide bonds. The molecule has 2 N–H and O–H groups in total. The first-order valence-electron chi connectivity index (χ1n) is 18.8. The van der Waals surface area contributed by atoms with Crippen LogP contribution in [0, 0.1) is 0 Å². The summed E-state index contributed by atoms with van der Waals surface area (Å²) < 4.78 is 26.1. The van der Waals surface area contributed by atoms with Crippen LogP contribution in [0.15, 0.2) is 48.5 Å². The van der Waals surface area contributed by atoms with Gasteiger partial charge in [-0.25, -0.2) is 9.59 Å². The molecule has 0 aliphatic carbocycles. The van der Waals surface area contributed by atoms with Gasteiger partial charge in [0.2, 0.25) is 0 Å². The van der Waals surface area contributed by atoms with Gasteiger partial charge in [0.15, 0.2) is 0 Å². The van der Waals surface area contributed by atoms with Gasteiger partial charge >= 0.3 is 12.2 Å². The number of anilines is 2. The maximum absolute atomic E-state index is 11.8. The number of carbonyl (C=O) groups is 2. The van der Waals surface area contributed by atoms with Gasteiger partial charge in [0.1, 0.15) is 11.5 Å². The van der Waals surface area contributed by atoms with Crippen molar-refractivity contribution in [2.45, 2.75) is 107 Å². The number of hydrogen-bond acceptors (Lipinski definition) is 9. The number of nitrogens with one attached hydrogen (secondary N) is 2. The molecule has 11 heteroatoms. The molecule has 0 fully saturated rings. The van der Waals surface area contributed by atoms with E-state index in [4.69, 9.17) is 23.7 Å². The lowest BCUT2D eigenvalue weighted by atomic mass is 10.2. The standard InChI is InChI=1S/C18H30N2O4.C18H30N2O3.2C2H6/c1-5-6-15(2)19-18(21)24-17-9-7-16(8-10-17)20(11-13-22-3)12-14-23-4;1-5-7-15(3)19-18(21)23-17-10-8-16(9-11-17)20(12-6-2)13-14-22-4;2*1-2/h7-10,15H,5-6,11-14H2,1-4H3,(H,19,21);8-11,15H,5-7,12-14H2,1-4H3,(H,19,21);2*1-2H3/t2*15-;;/m11../s1. The van der Waals surface area contributed by atoms with Crippen LogP contribution in [0.3, 0.4) is 0 Å². The average Bonchev–Trinajstić information content (AvgIpc) is 3.13. The molecule has 0 radical (unpaired) electrons. The number of ether oxygens (including phenoxy) is 5. The van der Waals surface area contributed by atoms with Crippen molar-refractivity contribution < 1.29 is 33.3 Å². The third kappa shape index (κ3) is 24.3. The van der Waals surface area contributed by atoms with Crippen molar-refractivity contribution in [3.63, 3.8) is 0 Å². The summed E-state index contributed by atoms with van der Waals surface area (Å²) in [5, 5.41) is 5.64. The summed E-state index contributed by atoms with van der Waals surface area (Å²) in [6, 6.07) is 15.3. The van der Waals surface area contributed by atoms with E-state index in [1.165, 1.54) is 0 Å². The Kier molecular flexibility index (Phi) is 32.7. The second-order valence-corrected chi connectivity index (χ2v) is 11.4. The minimum atomic E-state index is -0.417. The van der Waals surface area contributed by atoms with Crippen molar-refractivity contribution in [3.05, 3.63) is 48.5 Å². The molecule has 2 atom stereocenters. The number of amides is 2. The summed E-state index contributed by atoms with van der Waals surface area (Å²) in [7, 11) is 5.08. The zero-order valence-electron chi connectivity index (χ0n) is 34.0. The maximum atomic E-state index is 11.8. The monoisotopic (exact) mass is 721 g/mol. The molecule has 0 aliphatic rings. The van der Waals surface area contributed by atoms with Crippen molar-refractivity contribution >= 4 is 23.6 Å². The van der Waals surface area contributed by atoms with Crippen molar-refractivity contribution in [2.24, 2.45) is 0 Å². The fourth-order valence-corrected chi connectivity index (χ4v) is 4.75. The molecule has 294 valence electrons. The van der Waals surface area contributed by atoms with E-state index in [2.05, 4.69) is 41.2 Å². The van der Waals surface area contributed by atoms with Gasteiger partial charge in [-0.1, -0.05) is 61.3 Å². The Morgan fingerprint density at radius 2 is 0.863 bits per heavy atom. The Morgan fingerprint density at radius 1 is 0.549 bits per heavy atom. The molecule has 0 heterocycles. The highest BCUT2D eigenvalue weighted by Crippen LogP contribution is 2.21. The fourth-order valence-electron chi connectivity index (χ4n) is 4.75. The normalized spacial score (nSPS) is 11.1. The van der Waals surface area contributed by atoms with E-state index in [1.807, 2.05) is 77.9 Å². The van der Waals surface area contributed by atoms with Crippen LogP contribution in [0.1, 0.15) is 94.4 Å². The highest BCUT2D eigenvalue weighted by Gasteiger charge is 2.12. The van der Waals surface area contributed by atoms with E-state index < -0.39 is 12.2 Å². The van der Waals surface area contributed by atoms with Crippen molar-refractivity contribution in [2.75, 3.05) is 77.1 Å². The zero-order valence-corrected chi connectivity index (χ0v) is 34.0. The van der Waals surface area contributed by atoms with Crippen LogP contribution in [-0.4, -0.2) is 91.6 Å². The zero-order chi connectivity index (χ0) is 38.9. The van der Waals surface area contributed by atoms with Crippen LogP contribution in [0.5, 0.6) is 11.5 Å². The van der Waals surface area contributed by atoms with Gasteiger partial charge in [-0.2, -0.15) is 0 Å². The SMILES string of the molecule is CC.CC.CCC[C@@H](C)NC(=O)Oc1ccc(N(CCC)CCOC)cc1.CCC[C@@H](C)NC(=O)Oc1ccc(N(CCOC)CCOC)cc1. The third-order valence-electron chi connectivity index (χ3n) is 7.19. The van der Waals surface area contributed by atoms with Crippen LogP contribution in [0.25, 0.3) is 0 Å². The van der Waals surface area contributed by atoms with E-state index in [0.29, 0.717) is 31.3 Å². The van der Waals surface area contributed by atoms with E-state index >= 15 is 0 Å². The quantitative estimate of drug-likeness (QED) is 0.131. The minimum absolute atomic E-state index is 0.111. The van der Waals surface area contributed by atoms with Crippen LogP contribution in [0.2, 0.25) is 0 Å². The Morgan fingerprint density at radius 3 is 1.14 bits per heavy atom. The lowest BCUT2D eigenvalue weighted by molar-refractivity contribution is 0.190. The van der Waals surface area contributed by atoms with E-state index in [1.54, 1.807) is 33.5 Å². The molecular weight excluding hydrogens is 648 g/mol. The van der Waals surface area contributed by atoms with Gasteiger partial charge in [0, 0.05) is 71.0 Å². The number of hydrogen-bond donors (Lipinski definition) is 2. The molecule has 0 bridgehead atoms. The lowest BCUT2D eigenvalue weighted by Gasteiger charge is -2.24. The van der Waals surface area contributed by atoms with Gasteiger partial charge in [-0.15, -0.1) is 0 Å². The number of nitrogens with zero attached hydrogens (tertiary/aromatic N) is 2.